The molecular weight excluding hydrogens is 206 g/mol. The van der Waals surface area contributed by atoms with Gasteiger partial charge in [-0.1, -0.05) is 0 Å². The van der Waals surface area contributed by atoms with Gasteiger partial charge >= 0.3 is 0 Å². The normalized spacial score (nSPS) is 11.3. The van der Waals surface area contributed by atoms with E-state index in [-0.39, 0.29) is 12.3 Å². The first-order valence-electron chi connectivity index (χ1n) is 4.67. The highest BCUT2D eigenvalue weighted by Gasteiger charge is 2.11. The number of hydrogen-bond donors (Lipinski definition) is 2. The Morgan fingerprint density at radius 1 is 1.75 bits per heavy atom. The van der Waals surface area contributed by atoms with Crippen LogP contribution in [0.15, 0.2) is 18.3 Å². The average Bonchev–Trinajstić information content (AvgIpc) is 2.30. The molecule has 1 unspecified atom stereocenters. The second-order valence-electron chi connectivity index (χ2n) is 3.09. The number of rotatable bonds is 4. The molecule has 1 heterocycles. The van der Waals surface area contributed by atoms with Crippen LogP contribution < -0.4 is 15.8 Å². The molecule has 1 atom stereocenters. The van der Waals surface area contributed by atoms with Crippen molar-refractivity contribution in [2.24, 2.45) is 5.73 Å². The van der Waals surface area contributed by atoms with E-state index in [1.165, 1.54) is 13.3 Å². The summed E-state index contributed by atoms with van der Waals surface area (Å²) in [4.78, 5) is 15.4. The number of methoxy groups -OCH3 is 1. The third kappa shape index (κ3) is 3.26. The number of carbonyl (C=O) groups excluding carboxylic acids is 1. The van der Waals surface area contributed by atoms with Crippen LogP contribution >= 0.6 is 0 Å². The maximum absolute atomic E-state index is 11.5. The minimum Gasteiger partial charge on any atom is -0.481 e. The summed E-state index contributed by atoms with van der Waals surface area (Å²) in [6.45, 7) is 0. The molecule has 0 saturated carbocycles. The number of nitrogens with one attached hydrogen (secondary N) is 1. The van der Waals surface area contributed by atoms with Gasteiger partial charge in [0, 0.05) is 12.5 Å². The minimum absolute atomic E-state index is 0.204. The summed E-state index contributed by atoms with van der Waals surface area (Å²) >= 11 is 0. The molecule has 1 aromatic heterocycles. The van der Waals surface area contributed by atoms with Crippen molar-refractivity contribution in [3.05, 3.63) is 18.3 Å². The molecule has 1 amide bonds. The van der Waals surface area contributed by atoms with Crippen LogP contribution in [-0.4, -0.2) is 24.0 Å². The van der Waals surface area contributed by atoms with Gasteiger partial charge in [-0.05, 0) is 6.07 Å². The Bertz CT molecular complexity index is 395. The molecule has 16 heavy (non-hydrogen) atoms. The fraction of sp³-hybridized carbons (Fsp3) is 0.273. The summed E-state index contributed by atoms with van der Waals surface area (Å²) in [5.41, 5.74) is 6.09. The SMILES string of the molecule is C#CCC(N)C(=O)Nc1ccc(OC)nc1. The summed E-state index contributed by atoms with van der Waals surface area (Å²) < 4.78 is 4.89. The van der Waals surface area contributed by atoms with E-state index < -0.39 is 6.04 Å². The van der Waals surface area contributed by atoms with E-state index >= 15 is 0 Å². The molecule has 0 bridgehead atoms. The van der Waals surface area contributed by atoms with Crippen LogP contribution in [0.4, 0.5) is 5.69 Å². The lowest BCUT2D eigenvalue weighted by atomic mass is 10.2. The Kier molecular flexibility index (Phi) is 4.30. The van der Waals surface area contributed by atoms with Crippen LogP contribution in [0.25, 0.3) is 0 Å². The monoisotopic (exact) mass is 219 g/mol. The average molecular weight is 219 g/mol. The molecule has 5 nitrogen and oxygen atoms in total. The van der Waals surface area contributed by atoms with Crippen molar-refractivity contribution < 1.29 is 9.53 Å². The van der Waals surface area contributed by atoms with Gasteiger partial charge < -0.3 is 15.8 Å². The number of terminal acetylenes is 1. The van der Waals surface area contributed by atoms with Crippen LogP contribution in [0.5, 0.6) is 5.88 Å². The molecule has 0 aliphatic heterocycles. The molecular formula is C11H13N3O2. The number of hydrogen-bond acceptors (Lipinski definition) is 4. The first kappa shape index (κ1) is 12.0. The molecule has 0 saturated heterocycles. The summed E-state index contributed by atoms with van der Waals surface area (Å²) in [6.07, 6.45) is 6.75. The van der Waals surface area contributed by atoms with Gasteiger partial charge in [-0.2, -0.15) is 0 Å². The van der Waals surface area contributed by atoms with Crippen molar-refractivity contribution in [1.82, 2.24) is 4.98 Å². The Morgan fingerprint density at radius 3 is 3.00 bits per heavy atom. The van der Waals surface area contributed by atoms with E-state index in [2.05, 4.69) is 16.2 Å². The molecule has 0 aliphatic carbocycles. The van der Waals surface area contributed by atoms with Gasteiger partial charge in [0.05, 0.1) is 25.0 Å². The van der Waals surface area contributed by atoms with Gasteiger partial charge in [0.25, 0.3) is 0 Å². The fourth-order valence-electron chi connectivity index (χ4n) is 1.03. The number of carbonyl (C=O) groups is 1. The number of nitrogens with zero attached hydrogens (tertiary/aromatic N) is 1. The zero-order valence-electron chi connectivity index (χ0n) is 8.93. The standard InChI is InChI=1S/C11H13N3O2/c1-3-4-9(12)11(15)14-8-5-6-10(16-2)13-7-8/h1,5-7,9H,4,12H2,2H3,(H,14,15). The largest absolute Gasteiger partial charge is 0.481 e. The molecule has 1 aromatic rings. The Balaban J connectivity index is 2.59. The zero-order valence-corrected chi connectivity index (χ0v) is 8.93. The van der Waals surface area contributed by atoms with Crippen molar-refractivity contribution in [3.63, 3.8) is 0 Å². The molecule has 0 radical (unpaired) electrons. The van der Waals surface area contributed by atoms with Gasteiger partial charge in [0.1, 0.15) is 0 Å². The number of amides is 1. The second kappa shape index (κ2) is 5.73. The molecule has 3 N–H and O–H groups in total. The summed E-state index contributed by atoms with van der Waals surface area (Å²) in [7, 11) is 1.52. The fourth-order valence-corrected chi connectivity index (χ4v) is 1.03. The van der Waals surface area contributed by atoms with E-state index in [9.17, 15) is 4.79 Å². The topological polar surface area (TPSA) is 77.2 Å². The Labute approximate surface area is 94.0 Å². The lowest BCUT2D eigenvalue weighted by molar-refractivity contribution is -0.117. The second-order valence-corrected chi connectivity index (χ2v) is 3.09. The van der Waals surface area contributed by atoms with E-state index in [0.29, 0.717) is 11.6 Å². The van der Waals surface area contributed by atoms with E-state index in [0.717, 1.165) is 0 Å². The zero-order chi connectivity index (χ0) is 12.0. The highest BCUT2D eigenvalue weighted by molar-refractivity contribution is 5.94. The number of ether oxygens (including phenoxy) is 1. The maximum Gasteiger partial charge on any atom is 0.242 e. The van der Waals surface area contributed by atoms with Gasteiger partial charge in [0.2, 0.25) is 11.8 Å². The van der Waals surface area contributed by atoms with Crippen molar-refractivity contribution in [2.75, 3.05) is 12.4 Å². The predicted octanol–water partition coefficient (Wildman–Crippen LogP) is 0.379. The predicted molar refractivity (Wildman–Crippen MR) is 60.8 cm³/mol. The summed E-state index contributed by atoms with van der Waals surface area (Å²) in [5, 5.41) is 2.60. The van der Waals surface area contributed by atoms with E-state index in [1.807, 2.05) is 0 Å². The highest BCUT2D eigenvalue weighted by atomic mass is 16.5. The summed E-state index contributed by atoms with van der Waals surface area (Å²) in [6, 6.07) is 2.61. The molecule has 0 fully saturated rings. The van der Waals surface area contributed by atoms with Crippen molar-refractivity contribution in [3.8, 4) is 18.2 Å². The van der Waals surface area contributed by atoms with Crippen LogP contribution in [0.1, 0.15) is 6.42 Å². The Hall–Kier alpha value is -2.06. The van der Waals surface area contributed by atoms with Gasteiger partial charge in [-0.3, -0.25) is 4.79 Å². The Morgan fingerprint density at radius 2 is 2.50 bits per heavy atom. The van der Waals surface area contributed by atoms with Crippen LogP contribution in [0.2, 0.25) is 0 Å². The molecule has 0 aliphatic rings. The van der Waals surface area contributed by atoms with Crippen LogP contribution in [0.3, 0.4) is 0 Å². The van der Waals surface area contributed by atoms with Crippen LogP contribution in [0, 0.1) is 12.3 Å². The van der Waals surface area contributed by atoms with Crippen molar-refractivity contribution in [2.45, 2.75) is 12.5 Å². The van der Waals surface area contributed by atoms with Gasteiger partial charge in [-0.25, -0.2) is 4.98 Å². The molecule has 84 valence electrons. The molecule has 0 aromatic carbocycles. The van der Waals surface area contributed by atoms with Crippen LogP contribution in [-0.2, 0) is 4.79 Å². The quantitative estimate of drug-likeness (QED) is 0.718. The van der Waals surface area contributed by atoms with Crippen molar-refractivity contribution in [1.29, 1.82) is 0 Å². The van der Waals surface area contributed by atoms with E-state index in [4.69, 9.17) is 16.9 Å². The van der Waals surface area contributed by atoms with E-state index in [1.54, 1.807) is 12.1 Å². The first-order chi connectivity index (χ1) is 7.67. The maximum atomic E-state index is 11.5. The number of nitrogens with two attached hydrogens (primary N) is 1. The lowest BCUT2D eigenvalue weighted by Crippen LogP contribution is -2.35. The third-order valence-corrected chi connectivity index (χ3v) is 1.89. The van der Waals surface area contributed by atoms with Crippen molar-refractivity contribution >= 4 is 11.6 Å². The van der Waals surface area contributed by atoms with Gasteiger partial charge in [0.15, 0.2) is 0 Å². The first-order valence-corrected chi connectivity index (χ1v) is 4.67. The number of aromatic nitrogens is 1. The number of anilines is 1. The molecule has 5 heteroatoms. The van der Waals surface area contributed by atoms with Gasteiger partial charge in [-0.15, -0.1) is 12.3 Å². The summed E-state index contributed by atoms with van der Waals surface area (Å²) in [5.74, 6) is 2.48. The highest BCUT2D eigenvalue weighted by Crippen LogP contribution is 2.11. The molecule has 1 rings (SSSR count). The third-order valence-electron chi connectivity index (χ3n) is 1.89. The lowest BCUT2D eigenvalue weighted by Gasteiger charge is -2.09. The smallest absolute Gasteiger partial charge is 0.242 e. The number of pyridine rings is 1. The minimum atomic E-state index is -0.702. The molecule has 0 spiro atoms.